The van der Waals surface area contributed by atoms with Crippen molar-refractivity contribution in [3.05, 3.63) is 99.0 Å². The molecule has 258 valence electrons. The van der Waals surface area contributed by atoms with Gasteiger partial charge in [0.15, 0.2) is 18.1 Å². The molecule has 2 heterocycles. The quantitative estimate of drug-likeness (QED) is 0.191. The van der Waals surface area contributed by atoms with Gasteiger partial charge >= 0.3 is 18.1 Å². The average Bonchev–Trinajstić information content (AvgIpc) is 3.61. The van der Waals surface area contributed by atoms with Gasteiger partial charge in [0.2, 0.25) is 0 Å². The Kier molecular flexibility index (Phi) is 9.43. The summed E-state index contributed by atoms with van der Waals surface area (Å²) in [6.45, 7) is 5.76. The zero-order valence-electron chi connectivity index (χ0n) is 26.6. The van der Waals surface area contributed by atoms with Gasteiger partial charge in [0.05, 0.1) is 23.4 Å². The van der Waals surface area contributed by atoms with Crippen LogP contribution >= 0.6 is 0 Å². The highest BCUT2D eigenvalue weighted by molar-refractivity contribution is 5.98. The van der Waals surface area contributed by atoms with Crippen molar-refractivity contribution in [1.82, 2.24) is 25.2 Å². The summed E-state index contributed by atoms with van der Waals surface area (Å²) >= 11 is 0. The van der Waals surface area contributed by atoms with Crippen LogP contribution in [0.25, 0.3) is 5.65 Å². The third-order valence-electron chi connectivity index (χ3n) is 7.64. The maximum Gasteiger partial charge on any atom is 0.419 e. The normalized spacial score (nSPS) is 14.3. The predicted octanol–water partition coefficient (Wildman–Crippen LogP) is 5.18. The third kappa shape index (κ3) is 7.68. The first-order valence-electron chi connectivity index (χ1n) is 14.9. The molecule has 0 saturated carbocycles. The number of carbonyl (C=O) groups excluding carboxylic acids is 4. The second-order valence-electron chi connectivity index (χ2n) is 12.3. The first-order valence-corrected chi connectivity index (χ1v) is 14.9. The summed E-state index contributed by atoms with van der Waals surface area (Å²) in [5, 5.41) is 9.04. The van der Waals surface area contributed by atoms with E-state index in [-0.39, 0.29) is 16.8 Å². The number of alkyl halides is 3. The molecule has 16 heteroatoms. The molecule has 1 aliphatic carbocycles. The predicted molar refractivity (Wildman–Crippen MR) is 161 cm³/mol. The molecule has 0 aliphatic heterocycles. The Morgan fingerprint density at radius 1 is 1.00 bits per heavy atom. The number of carbonyl (C=O) groups is 4. The van der Waals surface area contributed by atoms with E-state index >= 15 is 0 Å². The zero-order chi connectivity index (χ0) is 35.8. The number of hydrogen-bond donors (Lipinski definition) is 2. The molecule has 0 fully saturated rings. The van der Waals surface area contributed by atoms with Gasteiger partial charge < -0.3 is 20.1 Å². The lowest BCUT2D eigenvalue weighted by molar-refractivity contribution is -0.158. The Labute approximate surface area is 275 Å². The number of esters is 2. The highest BCUT2D eigenvalue weighted by Gasteiger charge is 2.34. The van der Waals surface area contributed by atoms with Crippen LogP contribution in [0.1, 0.15) is 92.4 Å². The van der Waals surface area contributed by atoms with Gasteiger partial charge in [-0.05, 0) is 81.0 Å². The summed E-state index contributed by atoms with van der Waals surface area (Å²) in [6, 6.07) is 5.92. The van der Waals surface area contributed by atoms with Crippen LogP contribution in [-0.4, -0.2) is 50.6 Å². The molecule has 2 aromatic heterocycles. The molecule has 0 saturated heterocycles. The number of hydrogen-bond acceptors (Lipinski definition) is 8. The van der Waals surface area contributed by atoms with Crippen molar-refractivity contribution < 1.29 is 50.6 Å². The minimum Gasteiger partial charge on any atom is -0.457 e. The molecular formula is C33H30F5N5O6. The second-order valence-corrected chi connectivity index (χ2v) is 12.3. The second kappa shape index (κ2) is 13.2. The molecule has 0 radical (unpaired) electrons. The van der Waals surface area contributed by atoms with Crippen molar-refractivity contribution in [2.45, 2.75) is 64.9 Å². The Hall–Kier alpha value is -5.41. The Balaban J connectivity index is 1.32. The number of aromatic nitrogens is 3. The molecule has 1 aliphatic rings. The highest BCUT2D eigenvalue weighted by atomic mass is 19.4. The molecule has 0 bridgehead atoms. The van der Waals surface area contributed by atoms with Crippen LogP contribution in [0.15, 0.2) is 42.6 Å². The monoisotopic (exact) mass is 687 g/mol. The third-order valence-corrected chi connectivity index (χ3v) is 7.64. The number of nitrogens with zero attached hydrogens (tertiary/aromatic N) is 3. The number of fused-ring (bicyclic) bond motifs is 2. The van der Waals surface area contributed by atoms with E-state index in [9.17, 15) is 41.1 Å². The summed E-state index contributed by atoms with van der Waals surface area (Å²) in [6.07, 6.45) is -3.23. The van der Waals surface area contributed by atoms with E-state index in [0.717, 1.165) is 28.4 Å². The van der Waals surface area contributed by atoms with Gasteiger partial charge in [0, 0.05) is 12.6 Å². The number of amides is 2. The van der Waals surface area contributed by atoms with Gasteiger partial charge in [0.1, 0.15) is 22.8 Å². The number of rotatable bonds is 8. The van der Waals surface area contributed by atoms with E-state index in [0.29, 0.717) is 36.1 Å². The van der Waals surface area contributed by atoms with Crippen molar-refractivity contribution in [1.29, 1.82) is 0 Å². The Bertz CT molecular complexity index is 1990. The first-order chi connectivity index (χ1) is 22.9. The molecule has 11 nitrogen and oxygen atoms in total. The molecule has 0 unspecified atom stereocenters. The fourth-order valence-corrected chi connectivity index (χ4v) is 5.44. The summed E-state index contributed by atoms with van der Waals surface area (Å²) in [4.78, 5) is 55.2. The molecule has 49 heavy (non-hydrogen) atoms. The number of benzene rings is 2. The van der Waals surface area contributed by atoms with Gasteiger partial charge in [-0.3, -0.25) is 9.59 Å². The Morgan fingerprint density at radius 3 is 2.43 bits per heavy atom. The van der Waals surface area contributed by atoms with Crippen LogP contribution in [0.4, 0.5) is 22.0 Å². The summed E-state index contributed by atoms with van der Waals surface area (Å²) < 4.78 is 78.8. The minimum absolute atomic E-state index is 0.0636. The van der Waals surface area contributed by atoms with E-state index in [1.165, 1.54) is 6.07 Å². The maximum absolute atomic E-state index is 14.6. The van der Waals surface area contributed by atoms with Crippen molar-refractivity contribution >= 4 is 29.4 Å². The van der Waals surface area contributed by atoms with E-state index in [2.05, 4.69) is 20.7 Å². The average molecular weight is 688 g/mol. The molecule has 2 aromatic carbocycles. The Morgan fingerprint density at radius 2 is 1.73 bits per heavy atom. The topological polar surface area (TPSA) is 141 Å². The fourth-order valence-electron chi connectivity index (χ4n) is 5.44. The van der Waals surface area contributed by atoms with Gasteiger partial charge in [-0.25, -0.2) is 27.9 Å². The van der Waals surface area contributed by atoms with E-state index in [4.69, 9.17) is 9.47 Å². The lowest BCUT2D eigenvalue weighted by atomic mass is 9.98. The van der Waals surface area contributed by atoms with E-state index < -0.39 is 83.3 Å². The van der Waals surface area contributed by atoms with E-state index in [1.54, 1.807) is 33.8 Å². The minimum atomic E-state index is -4.95. The van der Waals surface area contributed by atoms with Crippen LogP contribution in [0.5, 0.6) is 0 Å². The van der Waals surface area contributed by atoms with Crippen LogP contribution in [-0.2, 0) is 33.4 Å². The molecule has 5 rings (SSSR count). The molecule has 2 amide bonds. The summed E-state index contributed by atoms with van der Waals surface area (Å²) in [5.41, 5.74) is -1.10. The van der Waals surface area contributed by atoms with Crippen LogP contribution in [0.2, 0.25) is 0 Å². The van der Waals surface area contributed by atoms with Gasteiger partial charge in [-0.1, -0.05) is 12.1 Å². The lowest BCUT2D eigenvalue weighted by Gasteiger charge is -2.19. The van der Waals surface area contributed by atoms with Crippen molar-refractivity contribution in [3.63, 3.8) is 0 Å². The number of ether oxygens (including phenoxy) is 2. The fraction of sp³-hybridized carbons (Fsp3) is 0.333. The molecule has 4 aromatic rings. The van der Waals surface area contributed by atoms with Gasteiger partial charge in [-0.15, -0.1) is 0 Å². The van der Waals surface area contributed by atoms with E-state index in [1.807, 2.05) is 0 Å². The lowest BCUT2D eigenvalue weighted by Crippen LogP contribution is -2.31. The zero-order valence-corrected chi connectivity index (χ0v) is 26.6. The molecule has 1 atom stereocenters. The van der Waals surface area contributed by atoms with Crippen LogP contribution in [0, 0.1) is 18.6 Å². The number of halogens is 5. The summed E-state index contributed by atoms with van der Waals surface area (Å²) in [7, 11) is 0. The molecular weight excluding hydrogens is 657 g/mol. The SMILES string of the molecule is Cc1c(C(=O)OCC(=O)OC(C)(C)C)ccc2c1CC[C@@H]2NC(=O)c1cc(C(=O)NCc2ccc(F)c(C(F)(F)F)c2)nc2c(F)cnn12. The maximum atomic E-state index is 14.6. The summed E-state index contributed by atoms with van der Waals surface area (Å²) in [5.74, 6) is -5.51. The van der Waals surface area contributed by atoms with Crippen molar-refractivity contribution in [2.75, 3.05) is 6.61 Å². The standard InChI is InChI=1S/C33H30F5N5O6/c1-16-18-8-10-24(20(18)7-6-19(16)31(47)48-15-27(44)49-32(2,3)4)42-30(46)26-12-25(41-28-23(35)14-40-43(26)28)29(45)39-13-17-5-9-22(34)21(11-17)33(36,37)38/h5-7,9,11-12,14,24H,8,10,13,15H2,1-4H3,(H,39,45)(H,42,46)/t24-/m0/s1. The smallest absolute Gasteiger partial charge is 0.419 e. The first kappa shape index (κ1) is 34.9. The molecule has 2 N–H and O–H groups in total. The van der Waals surface area contributed by atoms with Crippen molar-refractivity contribution in [3.8, 4) is 0 Å². The van der Waals surface area contributed by atoms with Crippen LogP contribution < -0.4 is 10.6 Å². The van der Waals surface area contributed by atoms with Crippen molar-refractivity contribution in [2.24, 2.45) is 0 Å². The largest absolute Gasteiger partial charge is 0.457 e. The van der Waals surface area contributed by atoms with Crippen LogP contribution in [0.3, 0.4) is 0 Å². The van der Waals surface area contributed by atoms with Gasteiger partial charge in [-0.2, -0.15) is 18.3 Å². The number of nitrogens with one attached hydrogen (secondary N) is 2. The highest BCUT2D eigenvalue weighted by Crippen LogP contribution is 2.35. The van der Waals surface area contributed by atoms with Gasteiger partial charge in [0.25, 0.3) is 11.8 Å². The molecule has 0 spiro atoms.